The Morgan fingerprint density at radius 1 is 1.07 bits per heavy atom. The highest BCUT2D eigenvalue weighted by atomic mass is 16.7. The van der Waals surface area contributed by atoms with Crippen molar-refractivity contribution in [2.45, 2.75) is 120 Å². The van der Waals surface area contributed by atoms with E-state index in [2.05, 4.69) is 63.7 Å². The number of amides is 1. The van der Waals surface area contributed by atoms with Gasteiger partial charge >= 0.3 is 0 Å². The third-order valence-electron chi connectivity index (χ3n) is 7.70. The van der Waals surface area contributed by atoms with Crippen LogP contribution >= 0.6 is 0 Å². The second-order valence-corrected chi connectivity index (χ2v) is 11.3. The van der Waals surface area contributed by atoms with E-state index in [0.717, 1.165) is 55.8 Å². The van der Waals surface area contributed by atoms with Crippen LogP contribution in [-0.2, 0) is 4.79 Å². The van der Waals surface area contributed by atoms with Gasteiger partial charge in [-0.05, 0) is 93.5 Å². The highest BCUT2D eigenvalue weighted by molar-refractivity contribution is 5.93. The van der Waals surface area contributed by atoms with E-state index in [9.17, 15) is 4.79 Å². The van der Waals surface area contributed by atoms with Crippen molar-refractivity contribution in [3.63, 3.8) is 0 Å². The Kier molecular flexibility index (Phi) is 19.7. The van der Waals surface area contributed by atoms with Crippen LogP contribution in [0.25, 0.3) is 0 Å². The van der Waals surface area contributed by atoms with Gasteiger partial charge in [-0.3, -0.25) is 14.8 Å². The first-order valence-corrected chi connectivity index (χ1v) is 16.6. The molecular weight excluding hydrogens is 534 g/mol. The second kappa shape index (κ2) is 22.4. The van der Waals surface area contributed by atoms with Gasteiger partial charge in [0.05, 0.1) is 11.9 Å². The molecule has 1 aliphatic heterocycles. The van der Waals surface area contributed by atoms with Crippen LogP contribution in [0.1, 0.15) is 125 Å². The lowest BCUT2D eigenvalue weighted by molar-refractivity contribution is -0.119. The molecule has 240 valence electrons. The molecule has 6 nitrogen and oxygen atoms in total. The van der Waals surface area contributed by atoms with E-state index in [4.69, 9.17) is 9.47 Å². The maximum atomic E-state index is 12.3. The molecule has 0 aliphatic carbocycles. The van der Waals surface area contributed by atoms with E-state index in [1.54, 1.807) is 12.4 Å². The summed E-state index contributed by atoms with van der Waals surface area (Å²) in [6, 6.07) is 10.2. The zero-order valence-corrected chi connectivity index (χ0v) is 28.6. The Morgan fingerprint density at radius 3 is 2.44 bits per heavy atom. The molecule has 0 saturated carbocycles. The number of allylic oxidation sites excluding steroid dienone is 1. The van der Waals surface area contributed by atoms with Crippen LogP contribution < -0.4 is 14.4 Å². The smallest absolute Gasteiger partial charge is 0.231 e. The van der Waals surface area contributed by atoms with Crippen LogP contribution in [0.2, 0.25) is 0 Å². The van der Waals surface area contributed by atoms with E-state index in [1.807, 2.05) is 56.1 Å². The number of rotatable bonds is 15. The third-order valence-corrected chi connectivity index (χ3v) is 7.70. The third kappa shape index (κ3) is 14.2. The molecule has 0 radical (unpaired) electrons. The molecule has 0 saturated heterocycles. The zero-order valence-electron chi connectivity index (χ0n) is 28.6. The Balaban J connectivity index is 0.000000418. The number of benzene rings is 1. The van der Waals surface area contributed by atoms with Crippen molar-refractivity contribution in [1.82, 2.24) is 4.98 Å². The Bertz CT molecular complexity index is 1080. The number of carbonyl (C=O) groups is 1. The molecule has 0 fully saturated rings. The van der Waals surface area contributed by atoms with Gasteiger partial charge in [-0.25, -0.2) is 0 Å². The Morgan fingerprint density at radius 2 is 1.81 bits per heavy atom. The molecule has 1 aromatic carbocycles. The fraction of sp³-hybridized carbons (Fsp3) is 0.595. The minimum Gasteiger partial charge on any atom is -0.454 e. The molecule has 2 aromatic rings. The standard InChI is InChI=1S/C20H29NO2.C15H24N2O.C2H6/c1-5-11-21-16(4)8-7-15(3)12-17(6-2)18-9-10-19-20(13-18)23-14-22-19;1-4-6-10-17(14-8-7-9-16-12-14)15(18)11-13(3)5-2;1-2/h5,9-11,13,15,17H,6-8,12,14H2,1-4H3;7-9,12-13H,4-6,10-11H2,1-3H3;1-2H3/b11-5-,21-16?;;. The number of carbonyl (C=O) groups excluding carboxylic acids is 1. The molecule has 6 heteroatoms. The summed E-state index contributed by atoms with van der Waals surface area (Å²) in [7, 11) is 0. The summed E-state index contributed by atoms with van der Waals surface area (Å²) < 4.78 is 10.9. The number of anilines is 1. The SMILES string of the molecule is C/C=C\N=C(C)CCC(C)CC(CC)c1ccc2c(c1)OCO2.CC.CCCCN(C(=O)CC(C)CC)c1cccnc1. The summed E-state index contributed by atoms with van der Waals surface area (Å²) in [5.41, 5.74) is 3.49. The van der Waals surface area contributed by atoms with Gasteiger partial charge < -0.3 is 14.4 Å². The minimum absolute atomic E-state index is 0.214. The average Bonchev–Trinajstić information content (AvgIpc) is 3.51. The van der Waals surface area contributed by atoms with Crippen molar-refractivity contribution < 1.29 is 14.3 Å². The van der Waals surface area contributed by atoms with Gasteiger partial charge in [0.15, 0.2) is 11.5 Å². The summed E-state index contributed by atoms with van der Waals surface area (Å²) in [6.45, 7) is 20.2. The van der Waals surface area contributed by atoms with Gasteiger partial charge in [0, 0.05) is 31.1 Å². The van der Waals surface area contributed by atoms with Crippen molar-refractivity contribution >= 4 is 17.3 Å². The topological polar surface area (TPSA) is 64.0 Å². The van der Waals surface area contributed by atoms with Crippen LogP contribution in [0.4, 0.5) is 5.69 Å². The van der Waals surface area contributed by atoms with Crippen molar-refractivity contribution in [2.75, 3.05) is 18.2 Å². The van der Waals surface area contributed by atoms with Crippen molar-refractivity contribution in [1.29, 1.82) is 0 Å². The number of aliphatic imine (C=N–C) groups is 1. The summed E-state index contributed by atoms with van der Waals surface area (Å²) >= 11 is 0. The van der Waals surface area contributed by atoms with Gasteiger partial charge in [-0.2, -0.15) is 0 Å². The van der Waals surface area contributed by atoms with Crippen LogP contribution in [0, 0.1) is 11.8 Å². The van der Waals surface area contributed by atoms with Crippen molar-refractivity contribution in [3.8, 4) is 11.5 Å². The fourth-order valence-corrected chi connectivity index (χ4v) is 4.81. The second-order valence-electron chi connectivity index (χ2n) is 11.3. The Hall–Kier alpha value is -3.15. The molecule has 1 amide bonds. The van der Waals surface area contributed by atoms with Crippen LogP contribution in [0.15, 0.2) is 60.0 Å². The average molecular weight is 594 g/mol. The number of aromatic nitrogens is 1. The molecule has 1 aliphatic rings. The first-order chi connectivity index (χ1) is 20.8. The molecule has 3 rings (SSSR count). The fourth-order valence-electron chi connectivity index (χ4n) is 4.81. The van der Waals surface area contributed by atoms with Crippen molar-refractivity contribution in [3.05, 3.63) is 60.6 Å². The number of hydrogen-bond donors (Lipinski definition) is 0. The van der Waals surface area contributed by atoms with Gasteiger partial charge in [0.25, 0.3) is 0 Å². The first kappa shape index (κ1) is 37.9. The molecule has 0 N–H and O–H groups in total. The van der Waals surface area contributed by atoms with Gasteiger partial charge in [-0.1, -0.05) is 73.5 Å². The number of fused-ring (bicyclic) bond motifs is 1. The van der Waals surface area contributed by atoms with E-state index in [0.29, 0.717) is 31.0 Å². The number of nitrogens with zero attached hydrogens (tertiary/aromatic N) is 3. The molecule has 0 bridgehead atoms. The quantitative estimate of drug-likeness (QED) is 0.193. The minimum atomic E-state index is 0.214. The first-order valence-electron chi connectivity index (χ1n) is 16.6. The monoisotopic (exact) mass is 593 g/mol. The molecule has 3 atom stereocenters. The summed E-state index contributed by atoms with van der Waals surface area (Å²) in [5.74, 6) is 3.67. The van der Waals surface area contributed by atoms with Crippen molar-refractivity contribution in [2.24, 2.45) is 16.8 Å². The normalized spacial score (nSPS) is 14.2. The molecule has 0 spiro atoms. The lowest BCUT2D eigenvalue weighted by atomic mass is 9.85. The van der Waals surface area contributed by atoms with E-state index in [1.165, 1.54) is 24.1 Å². The molecule has 1 aromatic heterocycles. The van der Waals surface area contributed by atoms with Crippen LogP contribution in [-0.4, -0.2) is 29.9 Å². The highest BCUT2D eigenvalue weighted by Gasteiger charge is 2.19. The van der Waals surface area contributed by atoms with E-state index in [-0.39, 0.29) is 5.91 Å². The lowest BCUT2D eigenvalue weighted by Crippen LogP contribution is -2.32. The summed E-state index contributed by atoms with van der Waals surface area (Å²) in [5, 5.41) is 0. The largest absolute Gasteiger partial charge is 0.454 e. The highest BCUT2D eigenvalue weighted by Crippen LogP contribution is 2.37. The predicted molar refractivity (Wildman–Crippen MR) is 183 cm³/mol. The van der Waals surface area contributed by atoms with Gasteiger partial charge in [-0.15, -0.1) is 0 Å². The van der Waals surface area contributed by atoms with E-state index >= 15 is 0 Å². The number of unbranched alkanes of at least 4 members (excludes halogenated alkanes) is 1. The number of pyridine rings is 1. The van der Waals surface area contributed by atoms with Gasteiger partial charge in [0.2, 0.25) is 12.7 Å². The maximum Gasteiger partial charge on any atom is 0.231 e. The lowest BCUT2D eigenvalue weighted by Gasteiger charge is -2.23. The number of hydrogen-bond acceptors (Lipinski definition) is 5. The zero-order chi connectivity index (χ0) is 32.0. The number of ether oxygens (including phenoxy) is 2. The molecule has 3 unspecified atom stereocenters. The maximum absolute atomic E-state index is 12.3. The predicted octanol–water partition coefficient (Wildman–Crippen LogP) is 10.4. The van der Waals surface area contributed by atoms with Crippen LogP contribution in [0.3, 0.4) is 0 Å². The molecule has 43 heavy (non-hydrogen) atoms. The van der Waals surface area contributed by atoms with E-state index < -0.39 is 0 Å². The summed E-state index contributed by atoms with van der Waals surface area (Å²) in [4.78, 5) is 22.7. The van der Waals surface area contributed by atoms with Gasteiger partial charge in [0.1, 0.15) is 0 Å². The molecular formula is C37H59N3O3. The molecule has 2 heterocycles. The van der Waals surface area contributed by atoms with Crippen LogP contribution in [0.5, 0.6) is 11.5 Å². The Labute approximate surface area is 263 Å². The summed E-state index contributed by atoms with van der Waals surface area (Å²) in [6.07, 6.45) is 15.7.